The maximum absolute atomic E-state index is 14.8. The third kappa shape index (κ3) is 5.29. The molecule has 3 N–H and O–H groups in total. The Morgan fingerprint density at radius 2 is 1.84 bits per heavy atom. The lowest BCUT2D eigenvalue weighted by molar-refractivity contribution is -0.138. The molecule has 13 heteroatoms. The summed E-state index contributed by atoms with van der Waals surface area (Å²) in [5.74, 6) is -2.80. The molecule has 1 aliphatic rings. The second kappa shape index (κ2) is 10.6. The zero-order valence-electron chi connectivity index (χ0n) is 17.4. The Morgan fingerprint density at radius 1 is 1.22 bits per heavy atom. The number of rotatable bonds is 7. The highest BCUT2D eigenvalue weighted by Crippen LogP contribution is 2.27. The first-order valence-corrected chi connectivity index (χ1v) is 10.3. The molecule has 1 saturated heterocycles. The number of methoxy groups -OCH3 is 1. The summed E-state index contributed by atoms with van der Waals surface area (Å²) in [6, 6.07) is 2.32. The van der Waals surface area contributed by atoms with Crippen LogP contribution in [0.25, 0.3) is 5.69 Å². The van der Waals surface area contributed by atoms with Gasteiger partial charge in [0.15, 0.2) is 11.6 Å². The van der Waals surface area contributed by atoms with Gasteiger partial charge in [0.2, 0.25) is 5.91 Å². The van der Waals surface area contributed by atoms with Crippen LogP contribution in [0.15, 0.2) is 18.3 Å². The highest BCUT2D eigenvalue weighted by atomic mass is 32.1. The van der Waals surface area contributed by atoms with Crippen molar-refractivity contribution in [2.75, 3.05) is 51.4 Å². The van der Waals surface area contributed by atoms with Gasteiger partial charge in [-0.15, -0.1) is 5.10 Å². The fourth-order valence-electron chi connectivity index (χ4n) is 3.35. The molecule has 1 aliphatic heterocycles. The summed E-state index contributed by atoms with van der Waals surface area (Å²) in [5.41, 5.74) is 0.479. The molecular formula is C19H24F2N6O4S. The minimum atomic E-state index is -0.887. The van der Waals surface area contributed by atoms with Crippen molar-refractivity contribution in [3.05, 3.63) is 35.7 Å². The molecule has 1 aromatic heterocycles. The number of nitrogens with zero attached hydrogens (tertiary/aromatic N) is 5. The number of piperazine rings is 1. The molecule has 1 fully saturated rings. The van der Waals surface area contributed by atoms with Crippen LogP contribution < -0.4 is 10.2 Å². The van der Waals surface area contributed by atoms with Gasteiger partial charge in [-0.2, -0.15) is 0 Å². The Balaban J connectivity index is 1.69. The minimum Gasteiger partial charge on any atom is -0.474 e. The van der Waals surface area contributed by atoms with E-state index >= 15 is 0 Å². The van der Waals surface area contributed by atoms with Crippen LogP contribution in [-0.4, -0.2) is 87.7 Å². The lowest BCUT2D eigenvalue weighted by Gasteiger charge is -2.37. The molecule has 0 aliphatic carbocycles. The van der Waals surface area contributed by atoms with Crippen molar-refractivity contribution in [3.8, 4) is 5.69 Å². The Hall–Kier alpha value is -2.90. The maximum Gasteiger partial charge on any atom is 0.256 e. The van der Waals surface area contributed by atoms with E-state index in [1.807, 2.05) is 0 Å². The zero-order valence-corrected chi connectivity index (χ0v) is 18.2. The van der Waals surface area contributed by atoms with E-state index in [1.165, 1.54) is 27.8 Å². The number of hydrogen-bond donors (Lipinski definition) is 3. The van der Waals surface area contributed by atoms with Gasteiger partial charge >= 0.3 is 0 Å². The van der Waals surface area contributed by atoms with Gasteiger partial charge in [-0.1, -0.05) is 5.21 Å². The average Bonchev–Trinajstić information content (AvgIpc) is 3.27. The Kier molecular flexibility index (Phi) is 7.88. The van der Waals surface area contributed by atoms with Crippen LogP contribution in [0.1, 0.15) is 5.69 Å². The van der Waals surface area contributed by atoms with Gasteiger partial charge in [0.25, 0.3) is 5.17 Å². The minimum absolute atomic E-state index is 0.166. The lowest BCUT2D eigenvalue weighted by atomic mass is 10.1. The van der Waals surface area contributed by atoms with Gasteiger partial charge in [0, 0.05) is 38.3 Å². The number of halogens is 2. The molecule has 0 spiro atoms. The molecule has 3 rings (SSSR count). The van der Waals surface area contributed by atoms with E-state index in [9.17, 15) is 23.8 Å². The Labute approximate surface area is 188 Å². The first-order valence-electron chi connectivity index (χ1n) is 9.85. The average molecular weight is 471 g/mol. The van der Waals surface area contributed by atoms with Crippen LogP contribution in [0.5, 0.6) is 0 Å². The van der Waals surface area contributed by atoms with Gasteiger partial charge in [-0.25, -0.2) is 13.5 Å². The standard InChI is InChI=1S/C19H24F2N6O4S/c1-31-19(32)22-8-13-9-27(24-23-13)14-6-15(20)17(16(21)7-14)25-2-4-26(5-3-25)18(30)12(10-28)11-29/h6-7,9,12,28-29H,2-5,8,10-11H2,1H3,(H,22,32). The topological polar surface area (TPSA) is 116 Å². The van der Waals surface area contributed by atoms with Crippen LogP contribution in [0, 0.1) is 17.6 Å². The van der Waals surface area contributed by atoms with Crippen LogP contribution in [-0.2, 0) is 16.1 Å². The first-order chi connectivity index (χ1) is 15.4. The van der Waals surface area contributed by atoms with Crippen molar-refractivity contribution in [3.63, 3.8) is 0 Å². The molecule has 2 aromatic rings. The number of hydrogen-bond acceptors (Lipinski definition) is 8. The highest BCUT2D eigenvalue weighted by Gasteiger charge is 2.29. The van der Waals surface area contributed by atoms with Gasteiger partial charge < -0.3 is 30.1 Å². The summed E-state index contributed by atoms with van der Waals surface area (Å²) in [6.45, 7) is 0.185. The third-order valence-electron chi connectivity index (χ3n) is 5.10. The predicted octanol–water partition coefficient (Wildman–Crippen LogP) is -0.184. The highest BCUT2D eigenvalue weighted by molar-refractivity contribution is 7.80. The number of aliphatic hydroxyl groups excluding tert-OH is 2. The third-order valence-corrected chi connectivity index (χ3v) is 5.41. The second-order valence-electron chi connectivity index (χ2n) is 7.13. The smallest absolute Gasteiger partial charge is 0.256 e. The van der Waals surface area contributed by atoms with Crippen LogP contribution in [0.4, 0.5) is 14.5 Å². The van der Waals surface area contributed by atoms with E-state index in [2.05, 4.69) is 15.6 Å². The quantitative estimate of drug-likeness (QED) is 0.474. The molecule has 1 amide bonds. The molecule has 0 saturated carbocycles. The molecular weight excluding hydrogens is 446 g/mol. The van der Waals surface area contributed by atoms with Crippen LogP contribution in [0.3, 0.4) is 0 Å². The molecule has 174 valence electrons. The van der Waals surface area contributed by atoms with E-state index in [0.717, 1.165) is 12.1 Å². The van der Waals surface area contributed by atoms with Crippen molar-refractivity contribution in [2.24, 2.45) is 5.92 Å². The molecule has 2 heterocycles. The number of ether oxygens (including phenoxy) is 1. The Bertz CT molecular complexity index is 940. The van der Waals surface area contributed by atoms with Crippen LogP contribution in [0.2, 0.25) is 0 Å². The predicted molar refractivity (Wildman–Crippen MR) is 114 cm³/mol. The van der Waals surface area contributed by atoms with Crippen molar-refractivity contribution < 1.29 is 28.5 Å². The fourth-order valence-corrected chi connectivity index (χ4v) is 3.42. The molecule has 10 nitrogen and oxygen atoms in total. The van der Waals surface area contributed by atoms with Crippen molar-refractivity contribution in [1.29, 1.82) is 0 Å². The van der Waals surface area contributed by atoms with E-state index in [-0.39, 0.29) is 55.2 Å². The molecule has 0 bridgehead atoms. The number of carbonyl (C=O) groups excluding carboxylic acids is 1. The number of anilines is 1. The van der Waals surface area contributed by atoms with Crippen molar-refractivity contribution in [1.82, 2.24) is 25.2 Å². The number of thiocarbonyl (C=S) groups is 1. The van der Waals surface area contributed by atoms with E-state index in [0.29, 0.717) is 5.69 Å². The van der Waals surface area contributed by atoms with E-state index < -0.39 is 30.8 Å². The molecule has 0 atom stereocenters. The number of benzene rings is 1. The molecule has 32 heavy (non-hydrogen) atoms. The van der Waals surface area contributed by atoms with Gasteiger partial charge in [-0.05, 0) is 12.2 Å². The summed E-state index contributed by atoms with van der Waals surface area (Å²) < 4.78 is 35.8. The lowest BCUT2D eigenvalue weighted by Crippen LogP contribution is -2.51. The largest absolute Gasteiger partial charge is 0.474 e. The number of nitrogens with one attached hydrogen (secondary N) is 1. The van der Waals surface area contributed by atoms with Crippen LogP contribution >= 0.6 is 12.2 Å². The summed E-state index contributed by atoms with van der Waals surface area (Å²) in [5, 5.41) is 29.1. The van der Waals surface area contributed by atoms with Gasteiger partial charge in [0.1, 0.15) is 11.4 Å². The Morgan fingerprint density at radius 3 is 2.41 bits per heavy atom. The maximum atomic E-state index is 14.8. The van der Waals surface area contributed by atoms with Crippen molar-refractivity contribution >= 4 is 29.0 Å². The summed E-state index contributed by atoms with van der Waals surface area (Å²) in [6.07, 6.45) is 1.52. The summed E-state index contributed by atoms with van der Waals surface area (Å²) in [7, 11) is 1.43. The van der Waals surface area contributed by atoms with E-state index in [1.54, 1.807) is 0 Å². The number of amides is 1. The SMILES string of the molecule is COC(=S)NCc1cn(-c2cc(F)c(N3CCN(C(=O)C(CO)CO)CC3)c(F)c2)nn1. The molecule has 0 radical (unpaired) electrons. The van der Waals surface area contributed by atoms with Gasteiger partial charge in [-0.3, -0.25) is 4.79 Å². The van der Waals surface area contributed by atoms with E-state index in [4.69, 9.17) is 17.0 Å². The molecule has 1 aromatic carbocycles. The summed E-state index contributed by atoms with van der Waals surface area (Å²) >= 11 is 4.88. The summed E-state index contributed by atoms with van der Waals surface area (Å²) in [4.78, 5) is 15.2. The zero-order chi connectivity index (χ0) is 23.3. The van der Waals surface area contributed by atoms with Crippen molar-refractivity contribution in [2.45, 2.75) is 6.54 Å². The normalized spacial score (nSPS) is 14.1. The fraction of sp³-hybridized carbons (Fsp3) is 0.474. The first kappa shape index (κ1) is 23.8. The number of carbonyl (C=O) groups is 1. The second-order valence-corrected chi connectivity index (χ2v) is 7.50. The monoisotopic (exact) mass is 470 g/mol. The number of aromatic nitrogens is 3. The number of aliphatic hydroxyl groups is 2. The molecule has 0 unspecified atom stereocenters. The van der Waals surface area contributed by atoms with Gasteiger partial charge in [0.05, 0.1) is 44.7 Å².